The number of amides is 2. The Hall–Kier alpha value is -2.08. The third kappa shape index (κ3) is 3.52. The molecule has 0 saturated carbocycles. The first-order valence-corrected chi connectivity index (χ1v) is 7.76. The minimum atomic E-state index is -0.192. The number of nitrogens with one attached hydrogen (secondary N) is 2. The van der Waals surface area contributed by atoms with E-state index in [4.69, 9.17) is 4.74 Å². The van der Waals surface area contributed by atoms with E-state index in [9.17, 15) is 4.79 Å². The monoisotopic (exact) mass is 303 g/mol. The third-order valence-electron chi connectivity index (χ3n) is 3.27. The molecule has 1 atom stereocenters. The van der Waals surface area contributed by atoms with E-state index in [1.165, 1.54) is 5.56 Å². The van der Waals surface area contributed by atoms with Gasteiger partial charge in [-0.3, -0.25) is 0 Å². The van der Waals surface area contributed by atoms with E-state index in [0.29, 0.717) is 13.1 Å². The molecule has 3 rings (SSSR count). The molecule has 0 saturated heterocycles. The summed E-state index contributed by atoms with van der Waals surface area (Å²) in [5.41, 5.74) is 2.18. The Balaban J connectivity index is 1.41. The summed E-state index contributed by atoms with van der Waals surface area (Å²) in [5.74, 6) is 0.919. The van der Waals surface area contributed by atoms with Crippen molar-refractivity contribution in [3.05, 3.63) is 45.9 Å². The van der Waals surface area contributed by atoms with Gasteiger partial charge in [-0.25, -0.2) is 9.78 Å². The Bertz CT molecular complexity index is 616. The molecule has 0 bridgehead atoms. The van der Waals surface area contributed by atoms with Crippen LogP contribution in [-0.2, 0) is 13.0 Å². The first-order chi connectivity index (χ1) is 10.2. The summed E-state index contributed by atoms with van der Waals surface area (Å²) in [6.07, 6.45) is 0.845. The Kier molecular flexibility index (Phi) is 4.06. The molecule has 2 aromatic rings. The molecule has 0 fully saturated rings. The number of ether oxygens (including phenoxy) is 1. The summed E-state index contributed by atoms with van der Waals surface area (Å²) in [7, 11) is 0. The van der Waals surface area contributed by atoms with Crippen LogP contribution in [0.2, 0.25) is 0 Å². The van der Waals surface area contributed by atoms with E-state index in [1.807, 2.05) is 30.5 Å². The molecule has 0 unspecified atom stereocenters. The van der Waals surface area contributed by atoms with Crippen molar-refractivity contribution in [2.75, 3.05) is 6.54 Å². The van der Waals surface area contributed by atoms with Crippen molar-refractivity contribution in [3.8, 4) is 5.75 Å². The van der Waals surface area contributed by atoms with Gasteiger partial charge in [-0.2, -0.15) is 0 Å². The van der Waals surface area contributed by atoms with Crippen LogP contribution in [0.1, 0.15) is 16.3 Å². The van der Waals surface area contributed by atoms with E-state index in [0.717, 1.165) is 22.9 Å². The van der Waals surface area contributed by atoms with Gasteiger partial charge in [-0.15, -0.1) is 11.3 Å². The van der Waals surface area contributed by atoms with E-state index >= 15 is 0 Å². The summed E-state index contributed by atoms with van der Waals surface area (Å²) < 4.78 is 5.77. The molecule has 2 N–H and O–H groups in total. The zero-order chi connectivity index (χ0) is 14.7. The van der Waals surface area contributed by atoms with Gasteiger partial charge >= 0.3 is 6.03 Å². The molecule has 21 heavy (non-hydrogen) atoms. The summed E-state index contributed by atoms with van der Waals surface area (Å²) in [5, 5.41) is 8.52. The molecule has 2 amide bonds. The average molecular weight is 303 g/mol. The van der Waals surface area contributed by atoms with E-state index in [1.54, 1.807) is 11.3 Å². The maximum atomic E-state index is 11.8. The van der Waals surface area contributed by atoms with E-state index in [2.05, 4.69) is 21.7 Å². The largest absolute Gasteiger partial charge is 0.488 e. The Morgan fingerprint density at radius 3 is 3.05 bits per heavy atom. The molecule has 0 radical (unpaired) electrons. The van der Waals surface area contributed by atoms with Crippen molar-refractivity contribution in [2.24, 2.45) is 0 Å². The smallest absolute Gasteiger partial charge is 0.315 e. The van der Waals surface area contributed by atoms with Crippen molar-refractivity contribution in [3.63, 3.8) is 0 Å². The number of hydrogen-bond donors (Lipinski definition) is 2. The van der Waals surface area contributed by atoms with Gasteiger partial charge in [-0.05, 0) is 18.6 Å². The number of aromatic nitrogens is 1. The van der Waals surface area contributed by atoms with E-state index < -0.39 is 0 Å². The number of urea groups is 1. The molecule has 1 aliphatic heterocycles. The lowest BCUT2D eigenvalue weighted by atomic mass is 10.1. The van der Waals surface area contributed by atoms with Crippen LogP contribution < -0.4 is 15.4 Å². The summed E-state index contributed by atoms with van der Waals surface area (Å²) >= 11 is 1.55. The molecule has 0 spiro atoms. The van der Waals surface area contributed by atoms with Crippen molar-refractivity contribution < 1.29 is 9.53 Å². The van der Waals surface area contributed by atoms with Gasteiger partial charge in [0.25, 0.3) is 0 Å². The molecule has 2 heterocycles. The van der Waals surface area contributed by atoms with Gasteiger partial charge in [0.15, 0.2) is 0 Å². The molecule has 0 aliphatic carbocycles. The number of benzene rings is 1. The van der Waals surface area contributed by atoms with Gasteiger partial charge in [0.2, 0.25) is 0 Å². The lowest BCUT2D eigenvalue weighted by molar-refractivity contribution is 0.214. The van der Waals surface area contributed by atoms with Crippen LogP contribution in [0.4, 0.5) is 4.79 Å². The van der Waals surface area contributed by atoms with Crippen LogP contribution in [0.15, 0.2) is 29.6 Å². The summed E-state index contributed by atoms with van der Waals surface area (Å²) in [6, 6.07) is 7.78. The number of rotatable bonds is 4. The maximum absolute atomic E-state index is 11.8. The fourth-order valence-electron chi connectivity index (χ4n) is 2.28. The Labute approximate surface area is 127 Å². The minimum Gasteiger partial charge on any atom is -0.488 e. The number of aryl methyl sites for hydroxylation is 1. The maximum Gasteiger partial charge on any atom is 0.315 e. The molecule has 5 nitrogen and oxygen atoms in total. The Morgan fingerprint density at radius 2 is 2.29 bits per heavy atom. The average Bonchev–Trinajstić information content (AvgIpc) is 3.08. The number of thiazole rings is 1. The van der Waals surface area contributed by atoms with Gasteiger partial charge in [0, 0.05) is 17.5 Å². The van der Waals surface area contributed by atoms with Gasteiger partial charge in [0.05, 0.1) is 13.1 Å². The first kappa shape index (κ1) is 13.9. The summed E-state index contributed by atoms with van der Waals surface area (Å²) in [4.78, 5) is 16.1. The van der Waals surface area contributed by atoms with Crippen LogP contribution in [-0.4, -0.2) is 23.7 Å². The van der Waals surface area contributed by atoms with Crippen LogP contribution in [0.25, 0.3) is 0 Å². The quantitative estimate of drug-likeness (QED) is 0.910. The molecule has 1 aromatic carbocycles. The van der Waals surface area contributed by atoms with Gasteiger partial charge in [0.1, 0.15) is 16.9 Å². The predicted octanol–water partition coefficient (Wildman–Crippen LogP) is 2.25. The SMILES string of the molecule is Cc1csc(CNC(=O)NC[C@H]2Cc3ccccc3O2)n1. The van der Waals surface area contributed by atoms with Crippen LogP contribution in [0, 0.1) is 6.92 Å². The van der Waals surface area contributed by atoms with Crippen molar-refractivity contribution in [1.29, 1.82) is 0 Å². The van der Waals surface area contributed by atoms with Crippen molar-refractivity contribution in [1.82, 2.24) is 15.6 Å². The van der Waals surface area contributed by atoms with Crippen molar-refractivity contribution in [2.45, 2.75) is 26.0 Å². The second-order valence-corrected chi connectivity index (χ2v) is 5.94. The highest BCUT2D eigenvalue weighted by Crippen LogP contribution is 2.27. The normalized spacial score (nSPS) is 16.1. The molecule has 1 aliphatic rings. The lowest BCUT2D eigenvalue weighted by Crippen LogP contribution is -2.40. The Morgan fingerprint density at radius 1 is 1.43 bits per heavy atom. The first-order valence-electron chi connectivity index (χ1n) is 6.88. The highest BCUT2D eigenvalue weighted by atomic mass is 32.1. The molecule has 6 heteroatoms. The lowest BCUT2D eigenvalue weighted by Gasteiger charge is -2.12. The van der Waals surface area contributed by atoms with E-state index in [-0.39, 0.29) is 12.1 Å². The number of para-hydroxylation sites is 1. The number of nitrogens with zero attached hydrogens (tertiary/aromatic N) is 1. The third-order valence-corrected chi connectivity index (χ3v) is 4.24. The fourth-order valence-corrected chi connectivity index (χ4v) is 2.99. The highest BCUT2D eigenvalue weighted by Gasteiger charge is 2.22. The molecular weight excluding hydrogens is 286 g/mol. The molecule has 110 valence electrons. The topological polar surface area (TPSA) is 63.2 Å². The number of carbonyl (C=O) groups excluding carboxylic acids is 1. The number of carbonyl (C=O) groups is 1. The number of hydrogen-bond acceptors (Lipinski definition) is 4. The number of fused-ring (bicyclic) bond motifs is 1. The van der Waals surface area contributed by atoms with Crippen LogP contribution in [0.3, 0.4) is 0 Å². The predicted molar refractivity (Wildman–Crippen MR) is 81.7 cm³/mol. The van der Waals surface area contributed by atoms with Gasteiger partial charge in [-0.1, -0.05) is 18.2 Å². The second-order valence-electron chi connectivity index (χ2n) is 5.00. The zero-order valence-corrected chi connectivity index (χ0v) is 12.6. The standard InChI is InChI=1S/C15H17N3O2S/c1-10-9-21-14(18-10)8-17-15(19)16-7-12-6-11-4-2-3-5-13(11)20-12/h2-5,9,12H,6-8H2,1H3,(H2,16,17,19)/t12-/m1/s1. The molecular formula is C15H17N3O2S. The summed E-state index contributed by atoms with van der Waals surface area (Å²) in [6.45, 7) is 2.89. The second kappa shape index (κ2) is 6.13. The van der Waals surface area contributed by atoms with Gasteiger partial charge < -0.3 is 15.4 Å². The van der Waals surface area contributed by atoms with Crippen LogP contribution >= 0.6 is 11.3 Å². The van der Waals surface area contributed by atoms with Crippen molar-refractivity contribution >= 4 is 17.4 Å². The molecule has 1 aromatic heterocycles. The fraction of sp³-hybridized carbons (Fsp3) is 0.333. The van der Waals surface area contributed by atoms with Crippen LogP contribution in [0.5, 0.6) is 5.75 Å². The zero-order valence-electron chi connectivity index (χ0n) is 11.8. The minimum absolute atomic E-state index is 0.00950. The highest BCUT2D eigenvalue weighted by molar-refractivity contribution is 7.09.